The van der Waals surface area contributed by atoms with Crippen molar-refractivity contribution in [2.75, 3.05) is 11.5 Å². The van der Waals surface area contributed by atoms with E-state index in [9.17, 15) is 14.0 Å². The van der Waals surface area contributed by atoms with E-state index in [1.807, 2.05) is 0 Å². The quantitative estimate of drug-likeness (QED) is 0.309. The highest BCUT2D eigenvalue weighted by molar-refractivity contribution is 6.33. The van der Waals surface area contributed by atoms with E-state index >= 15 is 0 Å². The Morgan fingerprint density at radius 2 is 1.79 bits per heavy atom. The standard InChI is InChI=1S/C25H19Cl2FN2O4/c1-2-33-22-13-16(11-20(27)23(22)34-14-15-4-3-5-18(28)10-15)12-21-24(31)30(25(32)29-21)19-8-6-17(26)7-9-19/h3-13H,2,14H2,1H3,(H,29,32)/b21-12+. The Labute approximate surface area is 205 Å². The van der Waals surface area contributed by atoms with Crippen LogP contribution in [0, 0.1) is 5.82 Å². The number of benzene rings is 3. The molecule has 0 saturated carbocycles. The second-order valence-corrected chi connectivity index (χ2v) is 8.13. The Bertz CT molecular complexity index is 1280. The summed E-state index contributed by atoms with van der Waals surface area (Å²) in [5.41, 5.74) is 1.62. The number of anilines is 1. The lowest BCUT2D eigenvalue weighted by molar-refractivity contribution is -0.113. The number of rotatable bonds is 7. The molecule has 1 fully saturated rings. The maximum atomic E-state index is 13.5. The first-order chi connectivity index (χ1) is 16.4. The van der Waals surface area contributed by atoms with Crippen LogP contribution in [-0.2, 0) is 11.4 Å². The van der Waals surface area contributed by atoms with E-state index in [2.05, 4.69) is 5.32 Å². The maximum absolute atomic E-state index is 13.5. The minimum absolute atomic E-state index is 0.0758. The summed E-state index contributed by atoms with van der Waals surface area (Å²) in [6.45, 7) is 2.23. The van der Waals surface area contributed by atoms with Gasteiger partial charge >= 0.3 is 6.03 Å². The summed E-state index contributed by atoms with van der Waals surface area (Å²) in [6.07, 6.45) is 1.50. The average molecular weight is 501 g/mol. The lowest BCUT2D eigenvalue weighted by Crippen LogP contribution is -2.30. The Morgan fingerprint density at radius 1 is 1.03 bits per heavy atom. The molecule has 3 aromatic rings. The van der Waals surface area contributed by atoms with Crippen molar-refractivity contribution in [3.05, 3.63) is 93.4 Å². The fourth-order valence-corrected chi connectivity index (χ4v) is 3.78. The van der Waals surface area contributed by atoms with Crippen molar-refractivity contribution in [1.29, 1.82) is 0 Å². The highest BCUT2D eigenvalue weighted by Gasteiger charge is 2.34. The van der Waals surface area contributed by atoms with Crippen LogP contribution in [0.2, 0.25) is 10.0 Å². The summed E-state index contributed by atoms with van der Waals surface area (Å²) in [6, 6.07) is 15.0. The molecule has 1 saturated heterocycles. The van der Waals surface area contributed by atoms with Crippen LogP contribution >= 0.6 is 23.2 Å². The zero-order chi connectivity index (χ0) is 24.2. The van der Waals surface area contributed by atoms with Crippen LogP contribution in [0.15, 0.2) is 66.4 Å². The lowest BCUT2D eigenvalue weighted by atomic mass is 10.1. The van der Waals surface area contributed by atoms with Gasteiger partial charge in [0.25, 0.3) is 5.91 Å². The molecule has 0 spiro atoms. The highest BCUT2D eigenvalue weighted by atomic mass is 35.5. The summed E-state index contributed by atoms with van der Waals surface area (Å²) in [5, 5.41) is 3.29. The predicted molar refractivity (Wildman–Crippen MR) is 129 cm³/mol. The number of imide groups is 1. The normalized spacial score (nSPS) is 14.5. The largest absolute Gasteiger partial charge is 0.490 e. The molecule has 0 aromatic heterocycles. The Balaban J connectivity index is 1.60. The number of carbonyl (C=O) groups excluding carboxylic acids is 2. The fraction of sp³-hybridized carbons (Fsp3) is 0.120. The molecule has 174 valence electrons. The average Bonchev–Trinajstić information content (AvgIpc) is 3.07. The van der Waals surface area contributed by atoms with Crippen molar-refractivity contribution in [1.82, 2.24) is 5.32 Å². The SMILES string of the molecule is CCOc1cc(/C=C2/NC(=O)N(c3ccc(Cl)cc3)C2=O)cc(Cl)c1OCc1cccc(F)c1. The van der Waals surface area contributed by atoms with Crippen molar-refractivity contribution in [2.45, 2.75) is 13.5 Å². The molecule has 1 heterocycles. The lowest BCUT2D eigenvalue weighted by Gasteiger charge is -2.15. The molecule has 4 rings (SSSR count). The Kier molecular flexibility index (Phi) is 7.05. The van der Waals surface area contributed by atoms with Gasteiger partial charge in [-0.25, -0.2) is 14.1 Å². The van der Waals surface area contributed by atoms with E-state index in [-0.39, 0.29) is 23.1 Å². The first-order valence-corrected chi connectivity index (χ1v) is 11.1. The van der Waals surface area contributed by atoms with Crippen LogP contribution in [0.5, 0.6) is 11.5 Å². The second kappa shape index (κ2) is 10.2. The fourth-order valence-electron chi connectivity index (χ4n) is 3.38. The van der Waals surface area contributed by atoms with Crippen molar-refractivity contribution in [2.24, 2.45) is 0 Å². The molecule has 1 aliphatic rings. The van der Waals surface area contributed by atoms with Gasteiger partial charge in [-0.2, -0.15) is 0 Å². The number of hydrogen-bond acceptors (Lipinski definition) is 4. The second-order valence-electron chi connectivity index (χ2n) is 7.29. The van der Waals surface area contributed by atoms with Crippen LogP contribution in [-0.4, -0.2) is 18.5 Å². The van der Waals surface area contributed by atoms with Gasteiger partial charge in [-0.3, -0.25) is 4.79 Å². The Hall–Kier alpha value is -3.55. The molecule has 34 heavy (non-hydrogen) atoms. The number of nitrogens with one attached hydrogen (secondary N) is 1. The van der Waals surface area contributed by atoms with Gasteiger partial charge in [-0.15, -0.1) is 0 Å². The van der Waals surface area contributed by atoms with E-state index in [1.165, 1.54) is 18.2 Å². The van der Waals surface area contributed by atoms with E-state index in [0.717, 1.165) is 4.90 Å². The molecule has 0 unspecified atom stereocenters. The third kappa shape index (κ3) is 5.16. The van der Waals surface area contributed by atoms with Crippen molar-refractivity contribution < 1.29 is 23.5 Å². The van der Waals surface area contributed by atoms with Crippen LogP contribution in [0.1, 0.15) is 18.1 Å². The first-order valence-electron chi connectivity index (χ1n) is 10.3. The highest BCUT2D eigenvalue weighted by Crippen LogP contribution is 2.38. The Morgan fingerprint density at radius 3 is 2.50 bits per heavy atom. The summed E-state index contributed by atoms with van der Waals surface area (Å²) in [4.78, 5) is 26.3. The van der Waals surface area contributed by atoms with Crippen LogP contribution < -0.4 is 19.7 Å². The number of halogens is 3. The molecule has 0 aliphatic carbocycles. The van der Waals surface area contributed by atoms with Gasteiger partial charge in [-0.05, 0) is 72.7 Å². The van der Waals surface area contributed by atoms with Crippen LogP contribution in [0.3, 0.4) is 0 Å². The van der Waals surface area contributed by atoms with E-state index in [0.29, 0.717) is 39.9 Å². The minimum atomic E-state index is -0.579. The zero-order valence-electron chi connectivity index (χ0n) is 18.0. The smallest absolute Gasteiger partial charge is 0.333 e. The third-order valence-corrected chi connectivity index (χ3v) is 5.41. The van der Waals surface area contributed by atoms with Crippen molar-refractivity contribution >= 4 is 46.9 Å². The molecule has 6 nitrogen and oxygen atoms in total. The van der Waals surface area contributed by atoms with E-state index in [1.54, 1.807) is 55.5 Å². The number of nitrogens with zero attached hydrogens (tertiary/aromatic N) is 1. The maximum Gasteiger partial charge on any atom is 0.333 e. The van der Waals surface area contributed by atoms with Gasteiger partial charge in [0.2, 0.25) is 0 Å². The molecule has 0 bridgehead atoms. The van der Waals surface area contributed by atoms with Gasteiger partial charge in [-0.1, -0.05) is 35.3 Å². The van der Waals surface area contributed by atoms with E-state index < -0.39 is 11.9 Å². The molecule has 0 radical (unpaired) electrons. The van der Waals surface area contributed by atoms with Crippen molar-refractivity contribution in [3.63, 3.8) is 0 Å². The van der Waals surface area contributed by atoms with E-state index in [4.69, 9.17) is 32.7 Å². The number of ether oxygens (including phenoxy) is 2. The molecule has 0 atom stereocenters. The van der Waals surface area contributed by atoms with Crippen molar-refractivity contribution in [3.8, 4) is 11.5 Å². The monoisotopic (exact) mass is 500 g/mol. The summed E-state index contributed by atoms with van der Waals surface area (Å²) in [7, 11) is 0. The number of urea groups is 1. The van der Waals surface area contributed by atoms with Crippen LogP contribution in [0.25, 0.3) is 6.08 Å². The van der Waals surface area contributed by atoms with Crippen LogP contribution in [0.4, 0.5) is 14.9 Å². The van der Waals surface area contributed by atoms with Gasteiger partial charge in [0.05, 0.1) is 17.3 Å². The van der Waals surface area contributed by atoms with Gasteiger partial charge in [0.1, 0.15) is 18.1 Å². The predicted octanol–water partition coefficient (Wildman–Crippen LogP) is 6.21. The first kappa shape index (κ1) is 23.6. The summed E-state index contributed by atoms with van der Waals surface area (Å²) >= 11 is 12.3. The topological polar surface area (TPSA) is 67.9 Å². The molecule has 3 amide bonds. The molecule has 1 N–H and O–H groups in total. The van der Waals surface area contributed by atoms with Gasteiger partial charge in [0, 0.05) is 5.02 Å². The molecule has 9 heteroatoms. The van der Waals surface area contributed by atoms with Gasteiger partial charge < -0.3 is 14.8 Å². The molecule has 3 aromatic carbocycles. The minimum Gasteiger partial charge on any atom is -0.490 e. The summed E-state index contributed by atoms with van der Waals surface area (Å²) in [5.74, 6) is -0.243. The summed E-state index contributed by atoms with van der Waals surface area (Å²) < 4.78 is 24.9. The number of amides is 3. The molecular weight excluding hydrogens is 482 g/mol. The number of carbonyl (C=O) groups is 2. The molecular formula is C25H19Cl2FN2O4. The van der Waals surface area contributed by atoms with Gasteiger partial charge in [0.15, 0.2) is 11.5 Å². The molecule has 1 aliphatic heterocycles. The number of hydrogen-bond donors (Lipinski definition) is 1. The third-order valence-electron chi connectivity index (χ3n) is 4.88. The zero-order valence-corrected chi connectivity index (χ0v) is 19.5.